The Morgan fingerprint density at radius 2 is 1.74 bits per heavy atom. The molecule has 1 fully saturated rings. The average molecular weight is 448 g/mol. The Bertz CT molecular complexity index is 820. The fraction of sp³-hybridized carbons (Fsp3) is 0.278. The summed E-state index contributed by atoms with van der Waals surface area (Å²) in [5.74, 6) is 0.632. The first-order chi connectivity index (χ1) is 13.0. The van der Waals surface area contributed by atoms with Crippen LogP contribution in [-0.2, 0) is 0 Å². The third kappa shape index (κ3) is 4.69. The summed E-state index contributed by atoms with van der Waals surface area (Å²) in [7, 11) is 0. The summed E-state index contributed by atoms with van der Waals surface area (Å²) in [4.78, 5) is 16.9. The maximum absolute atomic E-state index is 12.4. The number of halogens is 3. The summed E-state index contributed by atoms with van der Waals surface area (Å²) in [6.45, 7) is 4.30. The Kier molecular flexibility index (Phi) is 6.87. The maximum atomic E-state index is 12.4. The van der Waals surface area contributed by atoms with E-state index in [1.165, 1.54) is 12.1 Å². The summed E-state index contributed by atoms with van der Waals surface area (Å²) < 4.78 is 10.4. The van der Waals surface area contributed by atoms with E-state index in [-0.39, 0.29) is 11.8 Å². The highest BCUT2D eigenvalue weighted by atomic mass is 35.5. The first kappa shape index (κ1) is 20.3. The topological polar surface area (TPSA) is 42.0 Å². The second kappa shape index (κ2) is 9.15. The number of carbonyl (C=O) groups is 1. The van der Waals surface area contributed by atoms with Gasteiger partial charge in [0.05, 0.1) is 22.1 Å². The van der Waals surface area contributed by atoms with Crippen molar-refractivity contribution in [1.82, 2.24) is 4.90 Å². The maximum Gasteiger partial charge on any atom is 0.324 e. The second-order valence-electron chi connectivity index (χ2n) is 5.87. The van der Waals surface area contributed by atoms with Crippen LogP contribution >= 0.6 is 47.1 Å². The summed E-state index contributed by atoms with van der Waals surface area (Å²) in [5.41, 5.74) is 0.863. The number of hydrogen-bond acceptors (Lipinski definition) is 4. The molecule has 0 atom stereocenters. The van der Waals surface area contributed by atoms with Crippen LogP contribution in [0, 0.1) is 0 Å². The minimum atomic E-state index is 0.0493. The van der Waals surface area contributed by atoms with Crippen LogP contribution in [0.4, 0.5) is 10.5 Å². The van der Waals surface area contributed by atoms with E-state index in [9.17, 15) is 4.79 Å². The molecule has 1 aliphatic heterocycles. The number of urea groups is 1. The van der Waals surface area contributed by atoms with Crippen molar-refractivity contribution in [2.24, 2.45) is 0 Å². The molecule has 5 nitrogen and oxygen atoms in total. The lowest BCUT2D eigenvalue weighted by Gasteiger charge is -2.18. The molecule has 0 aliphatic carbocycles. The molecule has 0 unspecified atom stereocenters. The molecule has 0 radical (unpaired) electrons. The summed E-state index contributed by atoms with van der Waals surface area (Å²) in [6.07, 6.45) is 0.954. The van der Waals surface area contributed by atoms with Crippen molar-refractivity contribution < 1.29 is 13.3 Å². The largest absolute Gasteiger partial charge is 0.417 e. The van der Waals surface area contributed by atoms with Crippen LogP contribution in [0.3, 0.4) is 0 Å². The SMILES string of the molecule is CCCN1CCN(c2ccc(SOc3cc(Cl)c(Cl)cc3OCl)cc2)C1=O. The van der Waals surface area contributed by atoms with E-state index >= 15 is 0 Å². The number of anilines is 1. The zero-order chi connectivity index (χ0) is 19.4. The summed E-state index contributed by atoms with van der Waals surface area (Å²) >= 11 is 18.5. The van der Waals surface area contributed by atoms with Crippen LogP contribution in [0.15, 0.2) is 41.3 Å². The Morgan fingerprint density at radius 3 is 2.37 bits per heavy atom. The molecule has 2 aromatic rings. The molecule has 0 bridgehead atoms. The van der Waals surface area contributed by atoms with Gasteiger partial charge in [0, 0.05) is 42.3 Å². The van der Waals surface area contributed by atoms with Gasteiger partial charge in [-0.2, -0.15) is 0 Å². The lowest BCUT2D eigenvalue weighted by molar-refractivity contribution is 0.220. The molecule has 0 N–H and O–H groups in total. The van der Waals surface area contributed by atoms with Crippen LogP contribution in [0.2, 0.25) is 10.0 Å². The van der Waals surface area contributed by atoms with Crippen LogP contribution < -0.4 is 13.4 Å². The van der Waals surface area contributed by atoms with Crippen molar-refractivity contribution >= 4 is 58.8 Å². The number of hydrogen-bond donors (Lipinski definition) is 0. The second-order valence-corrected chi connectivity index (χ2v) is 7.65. The Labute approximate surface area is 177 Å². The average Bonchev–Trinajstić information content (AvgIpc) is 3.03. The van der Waals surface area contributed by atoms with E-state index in [1.54, 1.807) is 4.90 Å². The molecule has 0 saturated carbocycles. The fourth-order valence-corrected chi connectivity index (χ4v) is 3.70. The van der Waals surface area contributed by atoms with Gasteiger partial charge in [-0.3, -0.25) is 4.90 Å². The van der Waals surface area contributed by atoms with Gasteiger partial charge in [-0.25, -0.2) is 4.79 Å². The molecule has 0 spiro atoms. The number of rotatable bonds is 7. The van der Waals surface area contributed by atoms with Crippen molar-refractivity contribution in [3.05, 3.63) is 46.4 Å². The van der Waals surface area contributed by atoms with Gasteiger partial charge in [-0.05, 0) is 30.7 Å². The highest BCUT2D eigenvalue weighted by Crippen LogP contribution is 2.39. The molecule has 3 rings (SSSR count). The van der Waals surface area contributed by atoms with E-state index in [1.807, 2.05) is 29.2 Å². The molecule has 1 saturated heterocycles. The van der Waals surface area contributed by atoms with Crippen LogP contribution in [0.25, 0.3) is 0 Å². The minimum absolute atomic E-state index is 0.0493. The molecule has 1 heterocycles. The van der Waals surface area contributed by atoms with Crippen LogP contribution in [0.5, 0.6) is 11.5 Å². The van der Waals surface area contributed by atoms with Crippen LogP contribution in [-0.4, -0.2) is 30.6 Å². The monoisotopic (exact) mass is 446 g/mol. The van der Waals surface area contributed by atoms with Crippen molar-refractivity contribution in [2.75, 3.05) is 24.5 Å². The highest BCUT2D eigenvalue weighted by Gasteiger charge is 2.28. The zero-order valence-electron chi connectivity index (χ0n) is 14.5. The van der Waals surface area contributed by atoms with Gasteiger partial charge < -0.3 is 13.4 Å². The molecule has 9 heteroatoms. The summed E-state index contributed by atoms with van der Waals surface area (Å²) in [6, 6.07) is 10.6. The molecule has 144 valence electrons. The Hall–Kier alpha value is -1.47. The van der Waals surface area contributed by atoms with E-state index in [2.05, 4.69) is 6.92 Å². The quantitative estimate of drug-likeness (QED) is 0.469. The van der Waals surface area contributed by atoms with Crippen molar-refractivity contribution in [3.8, 4) is 11.5 Å². The van der Waals surface area contributed by atoms with E-state index in [4.69, 9.17) is 43.5 Å². The first-order valence-corrected chi connectivity index (χ1v) is 10.1. The number of carbonyl (C=O) groups excluding carboxylic acids is 1. The minimum Gasteiger partial charge on any atom is -0.417 e. The highest BCUT2D eigenvalue weighted by molar-refractivity contribution is 7.95. The molecule has 27 heavy (non-hydrogen) atoms. The standard InChI is InChI=1S/C18H17Cl3N2O3S/c1-2-7-22-8-9-23(18(22)24)12-3-5-13(6-4-12)27-26-17-11-15(20)14(19)10-16(17)25-21/h3-6,10-11H,2,7-9H2,1H3. The number of nitrogens with zero attached hydrogens (tertiary/aromatic N) is 2. The molecular formula is C18H17Cl3N2O3S. The van der Waals surface area contributed by atoms with Gasteiger partial charge >= 0.3 is 6.03 Å². The Morgan fingerprint density at radius 1 is 1.07 bits per heavy atom. The van der Waals surface area contributed by atoms with Crippen molar-refractivity contribution in [2.45, 2.75) is 18.2 Å². The third-order valence-electron chi connectivity index (χ3n) is 4.03. The van der Waals surface area contributed by atoms with Gasteiger partial charge in [0.2, 0.25) is 0 Å². The van der Waals surface area contributed by atoms with Gasteiger partial charge in [0.15, 0.2) is 11.5 Å². The van der Waals surface area contributed by atoms with Gasteiger partial charge in [0.1, 0.15) is 11.9 Å². The van der Waals surface area contributed by atoms with Gasteiger partial charge in [-0.15, -0.1) is 0 Å². The number of benzene rings is 2. The van der Waals surface area contributed by atoms with Crippen molar-refractivity contribution in [3.63, 3.8) is 0 Å². The molecule has 2 aromatic carbocycles. The zero-order valence-corrected chi connectivity index (χ0v) is 17.5. The van der Waals surface area contributed by atoms with Gasteiger partial charge in [-0.1, -0.05) is 30.1 Å². The normalized spacial score (nSPS) is 14.0. The molecule has 0 aromatic heterocycles. The number of amides is 2. The predicted octanol–water partition coefficient (Wildman–Crippen LogP) is 6.26. The lowest BCUT2D eigenvalue weighted by atomic mass is 10.3. The van der Waals surface area contributed by atoms with Gasteiger partial charge in [0.25, 0.3) is 0 Å². The van der Waals surface area contributed by atoms with Crippen LogP contribution in [0.1, 0.15) is 13.3 Å². The predicted molar refractivity (Wildman–Crippen MR) is 110 cm³/mol. The van der Waals surface area contributed by atoms with E-state index < -0.39 is 0 Å². The first-order valence-electron chi connectivity index (χ1n) is 8.32. The smallest absolute Gasteiger partial charge is 0.324 e. The Balaban J connectivity index is 1.65. The van der Waals surface area contributed by atoms with E-state index in [0.717, 1.165) is 42.1 Å². The molecule has 2 amide bonds. The van der Waals surface area contributed by atoms with E-state index in [0.29, 0.717) is 22.3 Å². The van der Waals surface area contributed by atoms with Crippen molar-refractivity contribution in [1.29, 1.82) is 0 Å². The molecule has 1 aliphatic rings. The lowest BCUT2D eigenvalue weighted by Crippen LogP contribution is -2.32. The molecular weight excluding hydrogens is 431 g/mol. The summed E-state index contributed by atoms with van der Waals surface area (Å²) in [5, 5.41) is 0.658. The fourth-order valence-electron chi connectivity index (χ4n) is 2.71. The third-order valence-corrected chi connectivity index (χ3v) is 5.65.